The maximum Gasteiger partial charge on any atom is 0.211 e. The van der Waals surface area contributed by atoms with Gasteiger partial charge in [0.25, 0.3) is 0 Å². The standard InChI is InChI=1S/C16H23N5O2S/c1-3-24(22,23)18-9-16-12-20(11-15-7-8-17-21(15)16)10-14-6-4-5-13(2)19-14/h4-8,16,18H,3,9-12H2,1-2H3/t16-/m0/s1. The molecule has 1 aliphatic rings. The molecule has 2 aromatic rings. The highest BCUT2D eigenvalue weighted by Gasteiger charge is 2.26. The number of hydrogen-bond donors (Lipinski definition) is 1. The molecule has 7 nitrogen and oxygen atoms in total. The molecular formula is C16H23N5O2S. The van der Waals surface area contributed by atoms with Gasteiger partial charge in [0.2, 0.25) is 10.0 Å². The SMILES string of the molecule is CCS(=O)(=O)NC[C@H]1CN(Cc2cccc(C)n2)Cc2ccnn21. The van der Waals surface area contributed by atoms with Gasteiger partial charge in [-0.05, 0) is 32.0 Å². The van der Waals surface area contributed by atoms with E-state index in [4.69, 9.17) is 0 Å². The van der Waals surface area contributed by atoms with Crippen molar-refractivity contribution >= 4 is 10.0 Å². The molecular weight excluding hydrogens is 326 g/mol. The highest BCUT2D eigenvalue weighted by Crippen LogP contribution is 2.21. The van der Waals surface area contributed by atoms with Crippen molar-refractivity contribution in [1.82, 2.24) is 24.4 Å². The summed E-state index contributed by atoms with van der Waals surface area (Å²) in [5.74, 6) is 0.0859. The van der Waals surface area contributed by atoms with Gasteiger partial charge in [-0.2, -0.15) is 5.10 Å². The predicted molar refractivity (Wildman–Crippen MR) is 91.8 cm³/mol. The average molecular weight is 349 g/mol. The van der Waals surface area contributed by atoms with E-state index in [-0.39, 0.29) is 11.8 Å². The lowest BCUT2D eigenvalue weighted by Gasteiger charge is -2.33. The molecule has 130 valence electrons. The molecule has 3 rings (SSSR count). The summed E-state index contributed by atoms with van der Waals surface area (Å²) in [6.07, 6.45) is 1.77. The zero-order valence-corrected chi connectivity index (χ0v) is 14.8. The molecule has 1 N–H and O–H groups in total. The first-order valence-corrected chi connectivity index (χ1v) is 9.76. The van der Waals surface area contributed by atoms with Crippen LogP contribution < -0.4 is 4.72 Å². The minimum atomic E-state index is -3.21. The van der Waals surface area contributed by atoms with Crippen LogP contribution in [0.1, 0.15) is 30.0 Å². The zero-order valence-electron chi connectivity index (χ0n) is 14.0. The van der Waals surface area contributed by atoms with Crippen molar-refractivity contribution in [2.75, 3.05) is 18.8 Å². The van der Waals surface area contributed by atoms with Crippen molar-refractivity contribution < 1.29 is 8.42 Å². The number of nitrogens with zero attached hydrogens (tertiary/aromatic N) is 4. The normalized spacial score (nSPS) is 18.5. The molecule has 0 fully saturated rings. The Bertz CT molecular complexity index is 802. The third-order valence-electron chi connectivity index (χ3n) is 4.20. The molecule has 1 atom stereocenters. The first kappa shape index (κ1) is 17.1. The van der Waals surface area contributed by atoms with Crippen molar-refractivity contribution in [3.05, 3.63) is 47.5 Å². The Hall–Kier alpha value is -1.77. The van der Waals surface area contributed by atoms with Crippen LogP contribution in [-0.4, -0.2) is 46.9 Å². The molecule has 0 aromatic carbocycles. The molecule has 0 saturated heterocycles. The van der Waals surface area contributed by atoms with Gasteiger partial charge in [-0.1, -0.05) is 6.07 Å². The lowest BCUT2D eigenvalue weighted by atomic mass is 10.2. The van der Waals surface area contributed by atoms with E-state index >= 15 is 0 Å². The molecule has 0 bridgehead atoms. The second-order valence-corrected chi connectivity index (χ2v) is 8.21. The van der Waals surface area contributed by atoms with Crippen LogP contribution in [0.2, 0.25) is 0 Å². The zero-order chi connectivity index (χ0) is 17.2. The molecule has 0 saturated carbocycles. The number of hydrogen-bond acceptors (Lipinski definition) is 5. The Morgan fingerprint density at radius 2 is 2.17 bits per heavy atom. The van der Waals surface area contributed by atoms with E-state index in [9.17, 15) is 8.42 Å². The molecule has 0 aliphatic carbocycles. The lowest BCUT2D eigenvalue weighted by molar-refractivity contribution is 0.166. The summed E-state index contributed by atoms with van der Waals surface area (Å²) in [7, 11) is -3.21. The van der Waals surface area contributed by atoms with Gasteiger partial charge in [-0.25, -0.2) is 13.1 Å². The average Bonchev–Trinajstić information content (AvgIpc) is 3.01. The van der Waals surface area contributed by atoms with Crippen molar-refractivity contribution in [3.8, 4) is 0 Å². The Morgan fingerprint density at radius 1 is 1.33 bits per heavy atom. The molecule has 24 heavy (non-hydrogen) atoms. The van der Waals surface area contributed by atoms with Gasteiger partial charge in [0.05, 0.1) is 23.2 Å². The molecule has 0 unspecified atom stereocenters. The summed E-state index contributed by atoms with van der Waals surface area (Å²) in [6, 6.07) is 7.98. The largest absolute Gasteiger partial charge is 0.290 e. The van der Waals surface area contributed by atoms with E-state index in [1.807, 2.05) is 35.9 Å². The number of sulfonamides is 1. The number of nitrogens with one attached hydrogen (secondary N) is 1. The van der Waals surface area contributed by atoms with Crippen molar-refractivity contribution in [1.29, 1.82) is 0 Å². The van der Waals surface area contributed by atoms with Crippen LogP contribution in [0, 0.1) is 6.92 Å². The van der Waals surface area contributed by atoms with Crippen LogP contribution in [0.5, 0.6) is 0 Å². The second kappa shape index (κ2) is 7.00. The maximum atomic E-state index is 11.7. The van der Waals surface area contributed by atoms with Crippen molar-refractivity contribution in [2.24, 2.45) is 0 Å². The number of aryl methyl sites for hydroxylation is 1. The van der Waals surface area contributed by atoms with Gasteiger partial charge in [0.1, 0.15) is 0 Å². The molecule has 0 spiro atoms. The fraction of sp³-hybridized carbons (Fsp3) is 0.500. The Morgan fingerprint density at radius 3 is 2.92 bits per heavy atom. The first-order chi connectivity index (χ1) is 11.5. The fourth-order valence-electron chi connectivity index (χ4n) is 2.98. The van der Waals surface area contributed by atoms with E-state index in [0.29, 0.717) is 6.54 Å². The van der Waals surface area contributed by atoms with Gasteiger partial charge in [0, 0.05) is 38.1 Å². The van der Waals surface area contributed by atoms with Crippen LogP contribution in [0.3, 0.4) is 0 Å². The highest BCUT2D eigenvalue weighted by molar-refractivity contribution is 7.89. The summed E-state index contributed by atoms with van der Waals surface area (Å²) in [5.41, 5.74) is 3.12. The third kappa shape index (κ3) is 4.00. The lowest BCUT2D eigenvalue weighted by Crippen LogP contribution is -2.43. The van der Waals surface area contributed by atoms with Crippen molar-refractivity contribution in [3.63, 3.8) is 0 Å². The molecule has 3 heterocycles. The topological polar surface area (TPSA) is 80.1 Å². The number of pyridine rings is 1. The third-order valence-corrected chi connectivity index (χ3v) is 5.57. The van der Waals surface area contributed by atoms with E-state index < -0.39 is 10.0 Å². The summed E-state index contributed by atoms with van der Waals surface area (Å²) in [6.45, 7) is 6.23. The van der Waals surface area contributed by atoms with Crippen LogP contribution in [0.15, 0.2) is 30.5 Å². The van der Waals surface area contributed by atoms with Crippen LogP contribution in [0.25, 0.3) is 0 Å². The monoisotopic (exact) mass is 349 g/mol. The minimum Gasteiger partial charge on any atom is -0.290 e. The van der Waals surface area contributed by atoms with Gasteiger partial charge >= 0.3 is 0 Å². The Balaban J connectivity index is 1.73. The number of rotatable bonds is 6. The van der Waals surface area contributed by atoms with Gasteiger partial charge < -0.3 is 0 Å². The molecule has 0 amide bonds. The van der Waals surface area contributed by atoms with E-state index in [1.165, 1.54) is 0 Å². The van der Waals surface area contributed by atoms with Crippen LogP contribution in [-0.2, 0) is 23.1 Å². The number of fused-ring (bicyclic) bond motifs is 1. The molecule has 2 aromatic heterocycles. The molecule has 1 aliphatic heterocycles. The second-order valence-electron chi connectivity index (χ2n) is 6.11. The summed E-state index contributed by atoms with van der Waals surface area (Å²) < 4.78 is 28.1. The van der Waals surface area contributed by atoms with E-state index in [1.54, 1.807) is 13.1 Å². The maximum absolute atomic E-state index is 11.7. The summed E-state index contributed by atoms with van der Waals surface area (Å²) in [4.78, 5) is 6.84. The molecule has 0 radical (unpaired) electrons. The Kier molecular flexibility index (Phi) is 4.98. The van der Waals surface area contributed by atoms with Gasteiger partial charge in [0.15, 0.2) is 0 Å². The highest BCUT2D eigenvalue weighted by atomic mass is 32.2. The van der Waals surface area contributed by atoms with Gasteiger partial charge in [-0.3, -0.25) is 14.6 Å². The first-order valence-electron chi connectivity index (χ1n) is 8.11. The quantitative estimate of drug-likeness (QED) is 0.844. The predicted octanol–water partition coefficient (Wildman–Crippen LogP) is 1.08. The van der Waals surface area contributed by atoms with Crippen molar-refractivity contribution in [2.45, 2.75) is 33.0 Å². The molecule has 8 heteroatoms. The van der Waals surface area contributed by atoms with E-state index in [0.717, 1.165) is 36.7 Å². The van der Waals surface area contributed by atoms with Gasteiger partial charge in [-0.15, -0.1) is 0 Å². The summed E-state index contributed by atoms with van der Waals surface area (Å²) >= 11 is 0. The minimum absolute atomic E-state index is 0.0186. The van der Waals surface area contributed by atoms with Crippen LogP contribution in [0.4, 0.5) is 0 Å². The van der Waals surface area contributed by atoms with Crippen LogP contribution >= 0.6 is 0 Å². The smallest absolute Gasteiger partial charge is 0.211 e. The fourth-order valence-corrected chi connectivity index (χ4v) is 3.63. The van der Waals surface area contributed by atoms with E-state index in [2.05, 4.69) is 19.7 Å². The summed E-state index contributed by atoms with van der Waals surface area (Å²) in [5, 5.41) is 4.36. The Labute approximate surface area is 142 Å². The number of aromatic nitrogens is 3.